The lowest BCUT2D eigenvalue weighted by molar-refractivity contribution is -0.119. The van der Waals surface area contributed by atoms with E-state index < -0.39 is 18.5 Å². The molecule has 0 fully saturated rings. The average Bonchev–Trinajstić information content (AvgIpc) is 2.60. The van der Waals surface area contributed by atoms with Crippen molar-refractivity contribution < 1.29 is 19.1 Å². The van der Waals surface area contributed by atoms with Gasteiger partial charge in [-0.25, -0.2) is 4.79 Å². The van der Waals surface area contributed by atoms with Crippen molar-refractivity contribution in [2.24, 2.45) is 0 Å². The van der Waals surface area contributed by atoms with Crippen LogP contribution in [-0.4, -0.2) is 30.9 Å². The van der Waals surface area contributed by atoms with Crippen LogP contribution in [0.4, 0.5) is 5.69 Å². The maximum absolute atomic E-state index is 12.0. The smallest absolute Gasteiger partial charge is 0.340 e. The Morgan fingerprint density at radius 2 is 1.85 bits per heavy atom. The van der Waals surface area contributed by atoms with Gasteiger partial charge in [0, 0.05) is 22.8 Å². The van der Waals surface area contributed by atoms with Gasteiger partial charge >= 0.3 is 5.97 Å². The molecular weight excluding hydrogens is 379 g/mol. The van der Waals surface area contributed by atoms with Crippen molar-refractivity contribution in [2.75, 3.05) is 18.5 Å². The van der Waals surface area contributed by atoms with E-state index in [1.54, 1.807) is 18.2 Å². The largest absolute Gasteiger partial charge is 0.452 e. The van der Waals surface area contributed by atoms with Gasteiger partial charge in [0.1, 0.15) is 0 Å². The van der Waals surface area contributed by atoms with E-state index >= 15 is 0 Å². The van der Waals surface area contributed by atoms with Gasteiger partial charge in [-0.3, -0.25) is 9.59 Å². The number of carbonyl (C=O) groups is 3. The third kappa shape index (κ3) is 5.47. The van der Waals surface area contributed by atoms with Crippen LogP contribution in [0.5, 0.6) is 0 Å². The molecule has 0 bridgehead atoms. The SMILES string of the molecule is CCNC(=O)c1cccc(NC(=O)COC(=O)c2ccc(Cl)cc2Cl)c1. The van der Waals surface area contributed by atoms with Crippen LogP contribution in [0.1, 0.15) is 27.6 Å². The molecule has 2 amide bonds. The highest BCUT2D eigenvalue weighted by atomic mass is 35.5. The number of anilines is 1. The lowest BCUT2D eigenvalue weighted by Gasteiger charge is -2.09. The van der Waals surface area contributed by atoms with Gasteiger partial charge in [-0.05, 0) is 43.3 Å². The van der Waals surface area contributed by atoms with Gasteiger partial charge in [0.05, 0.1) is 10.6 Å². The van der Waals surface area contributed by atoms with E-state index in [1.807, 2.05) is 6.92 Å². The summed E-state index contributed by atoms with van der Waals surface area (Å²) in [4.78, 5) is 35.7. The maximum atomic E-state index is 12.0. The summed E-state index contributed by atoms with van der Waals surface area (Å²) >= 11 is 11.7. The van der Waals surface area contributed by atoms with E-state index in [1.165, 1.54) is 24.3 Å². The second kappa shape index (κ2) is 9.22. The highest BCUT2D eigenvalue weighted by Crippen LogP contribution is 2.21. The Labute approximate surface area is 160 Å². The lowest BCUT2D eigenvalue weighted by Crippen LogP contribution is -2.23. The Morgan fingerprint density at radius 1 is 1.08 bits per heavy atom. The first-order valence-corrected chi connectivity index (χ1v) is 8.46. The molecule has 0 radical (unpaired) electrons. The minimum Gasteiger partial charge on any atom is -0.452 e. The summed E-state index contributed by atoms with van der Waals surface area (Å²) in [5.41, 5.74) is 0.941. The average molecular weight is 395 g/mol. The molecule has 0 aliphatic carbocycles. The molecule has 0 saturated carbocycles. The Bertz CT molecular complexity index is 840. The summed E-state index contributed by atoms with van der Waals surface area (Å²) in [5, 5.41) is 5.75. The second-order valence-corrected chi connectivity index (χ2v) is 6.03. The topological polar surface area (TPSA) is 84.5 Å². The molecule has 8 heteroatoms. The first-order valence-electron chi connectivity index (χ1n) is 7.71. The summed E-state index contributed by atoms with van der Waals surface area (Å²) in [5.74, 6) is -1.53. The van der Waals surface area contributed by atoms with Crippen molar-refractivity contribution in [1.29, 1.82) is 0 Å². The zero-order valence-electron chi connectivity index (χ0n) is 13.8. The molecule has 6 nitrogen and oxygen atoms in total. The third-order valence-electron chi connectivity index (χ3n) is 3.23. The van der Waals surface area contributed by atoms with Gasteiger partial charge in [0.15, 0.2) is 6.61 Å². The van der Waals surface area contributed by atoms with Gasteiger partial charge in [-0.15, -0.1) is 0 Å². The predicted molar refractivity (Wildman–Crippen MR) is 99.8 cm³/mol. The van der Waals surface area contributed by atoms with Crippen LogP contribution in [0.15, 0.2) is 42.5 Å². The van der Waals surface area contributed by atoms with Crippen LogP contribution < -0.4 is 10.6 Å². The first-order chi connectivity index (χ1) is 12.4. The molecule has 0 heterocycles. The molecule has 136 valence electrons. The molecule has 0 unspecified atom stereocenters. The van der Waals surface area contributed by atoms with E-state index in [4.69, 9.17) is 27.9 Å². The van der Waals surface area contributed by atoms with Gasteiger partial charge in [0.2, 0.25) is 0 Å². The van der Waals surface area contributed by atoms with Crippen LogP contribution in [0, 0.1) is 0 Å². The number of nitrogens with one attached hydrogen (secondary N) is 2. The second-order valence-electron chi connectivity index (χ2n) is 5.19. The molecule has 2 N–H and O–H groups in total. The predicted octanol–water partition coefficient (Wildman–Crippen LogP) is 3.54. The summed E-state index contributed by atoms with van der Waals surface area (Å²) in [6, 6.07) is 10.7. The lowest BCUT2D eigenvalue weighted by atomic mass is 10.2. The molecule has 0 saturated heterocycles. The minimum absolute atomic E-state index is 0.113. The molecule has 2 aromatic rings. The van der Waals surface area contributed by atoms with Crippen molar-refractivity contribution in [2.45, 2.75) is 6.92 Å². The van der Waals surface area contributed by atoms with Crippen LogP contribution in [0.3, 0.4) is 0 Å². The Kier molecular flexibility index (Phi) is 7.00. The van der Waals surface area contributed by atoms with Crippen molar-refractivity contribution in [3.05, 3.63) is 63.6 Å². The molecule has 2 aromatic carbocycles. The van der Waals surface area contributed by atoms with Crippen LogP contribution >= 0.6 is 23.2 Å². The molecule has 0 spiro atoms. The van der Waals surface area contributed by atoms with E-state index in [0.29, 0.717) is 22.8 Å². The fraction of sp³-hybridized carbons (Fsp3) is 0.167. The van der Waals surface area contributed by atoms with E-state index in [9.17, 15) is 14.4 Å². The molecule has 2 rings (SSSR count). The number of carbonyl (C=O) groups excluding carboxylic acids is 3. The number of rotatable bonds is 6. The summed E-state index contributed by atoms with van der Waals surface area (Å²) in [6.45, 7) is 1.81. The summed E-state index contributed by atoms with van der Waals surface area (Å²) < 4.78 is 4.94. The number of ether oxygens (including phenoxy) is 1. The van der Waals surface area contributed by atoms with Crippen molar-refractivity contribution in [1.82, 2.24) is 5.32 Å². The van der Waals surface area contributed by atoms with Crippen molar-refractivity contribution in [3.63, 3.8) is 0 Å². The number of benzene rings is 2. The van der Waals surface area contributed by atoms with E-state index in [-0.39, 0.29) is 16.5 Å². The standard InChI is InChI=1S/C18H16Cl2N2O4/c1-2-21-17(24)11-4-3-5-13(8-11)22-16(23)10-26-18(25)14-7-6-12(19)9-15(14)20/h3-9H,2,10H2,1H3,(H,21,24)(H,22,23). The van der Waals surface area contributed by atoms with Crippen LogP contribution in [0.2, 0.25) is 10.0 Å². The number of hydrogen-bond acceptors (Lipinski definition) is 4. The highest BCUT2D eigenvalue weighted by molar-refractivity contribution is 6.36. The molecule has 0 aromatic heterocycles. The first kappa shape index (κ1) is 19.8. The normalized spacial score (nSPS) is 10.1. The molecular formula is C18H16Cl2N2O4. The Morgan fingerprint density at radius 3 is 2.54 bits per heavy atom. The van der Waals surface area contributed by atoms with Gasteiger partial charge < -0.3 is 15.4 Å². The number of hydrogen-bond donors (Lipinski definition) is 2. The Hall–Kier alpha value is -2.57. The zero-order chi connectivity index (χ0) is 19.1. The number of halogens is 2. The Balaban J connectivity index is 1.93. The zero-order valence-corrected chi connectivity index (χ0v) is 15.4. The molecule has 0 aliphatic rings. The van der Waals surface area contributed by atoms with Crippen molar-refractivity contribution >= 4 is 46.7 Å². The summed E-state index contributed by atoms with van der Waals surface area (Å²) in [6.07, 6.45) is 0. The number of esters is 1. The fourth-order valence-corrected chi connectivity index (χ4v) is 2.55. The highest BCUT2D eigenvalue weighted by Gasteiger charge is 2.14. The van der Waals surface area contributed by atoms with E-state index in [0.717, 1.165) is 0 Å². The number of amides is 2. The van der Waals surface area contributed by atoms with Crippen molar-refractivity contribution in [3.8, 4) is 0 Å². The van der Waals surface area contributed by atoms with Crippen LogP contribution in [-0.2, 0) is 9.53 Å². The van der Waals surface area contributed by atoms with Gasteiger partial charge in [0.25, 0.3) is 11.8 Å². The monoisotopic (exact) mass is 394 g/mol. The molecule has 0 aliphatic heterocycles. The van der Waals surface area contributed by atoms with Crippen LogP contribution in [0.25, 0.3) is 0 Å². The quantitative estimate of drug-likeness (QED) is 0.733. The van der Waals surface area contributed by atoms with E-state index in [2.05, 4.69) is 10.6 Å². The summed E-state index contributed by atoms with van der Waals surface area (Å²) in [7, 11) is 0. The molecule has 26 heavy (non-hydrogen) atoms. The maximum Gasteiger partial charge on any atom is 0.340 e. The third-order valence-corrected chi connectivity index (χ3v) is 3.78. The minimum atomic E-state index is -0.738. The van der Waals surface area contributed by atoms with Gasteiger partial charge in [-0.1, -0.05) is 29.3 Å². The fourth-order valence-electron chi connectivity index (χ4n) is 2.06. The van der Waals surface area contributed by atoms with Gasteiger partial charge in [-0.2, -0.15) is 0 Å². The molecule has 0 atom stereocenters.